The molecule has 0 aromatic carbocycles. The highest BCUT2D eigenvalue weighted by Crippen LogP contribution is 2.48. The maximum atomic E-state index is 14.8. The molecule has 1 aromatic heterocycles. The van der Waals surface area contributed by atoms with Crippen LogP contribution in [0.15, 0.2) is 5.16 Å². The zero-order chi connectivity index (χ0) is 21.9. The fourth-order valence-electron chi connectivity index (χ4n) is 2.19. The molecule has 28 heavy (non-hydrogen) atoms. The van der Waals surface area contributed by atoms with Gasteiger partial charge in [0.1, 0.15) is 5.56 Å². The fourth-order valence-corrected chi connectivity index (χ4v) is 3.60. The number of aryl methyl sites for hydroxylation is 1. The number of alkyl halides is 8. The highest BCUT2D eigenvalue weighted by Gasteiger charge is 2.62. The van der Waals surface area contributed by atoms with Crippen molar-refractivity contribution in [2.75, 3.05) is 0 Å². The van der Waals surface area contributed by atoms with Crippen LogP contribution in [0.2, 0.25) is 0 Å². The average molecular weight is 445 g/mol. The molecule has 0 aliphatic carbocycles. The second kappa shape index (κ2) is 6.45. The summed E-state index contributed by atoms with van der Waals surface area (Å²) >= 11 is 0. The minimum atomic E-state index is -6.30. The van der Waals surface area contributed by atoms with Crippen LogP contribution in [0, 0.1) is 0 Å². The van der Waals surface area contributed by atoms with Crippen LogP contribution < -0.4 is 4.74 Å². The van der Waals surface area contributed by atoms with Crippen LogP contribution in [0.1, 0.15) is 25.1 Å². The second-order valence-corrected chi connectivity index (χ2v) is 7.97. The van der Waals surface area contributed by atoms with Crippen LogP contribution in [-0.4, -0.2) is 41.6 Å². The lowest BCUT2D eigenvalue weighted by Gasteiger charge is -2.21. The number of rotatable bonds is 4. The van der Waals surface area contributed by atoms with Gasteiger partial charge in [0.2, 0.25) is 10.9 Å². The average Bonchev–Trinajstić information content (AvgIpc) is 2.97. The Morgan fingerprint density at radius 3 is 2.14 bits per heavy atom. The van der Waals surface area contributed by atoms with Crippen LogP contribution >= 0.6 is 0 Å². The minimum Gasteiger partial charge on any atom is -0.417 e. The molecule has 0 amide bonds. The van der Waals surface area contributed by atoms with Gasteiger partial charge in [-0.1, -0.05) is 5.16 Å². The van der Waals surface area contributed by atoms with Gasteiger partial charge in [-0.15, -0.1) is 0 Å². The normalized spacial score (nSPS) is 20.3. The Balaban J connectivity index is 2.74. The van der Waals surface area contributed by atoms with Gasteiger partial charge in [-0.25, -0.2) is 17.5 Å². The lowest BCUT2D eigenvalue weighted by molar-refractivity contribution is -0.144. The second-order valence-electron chi connectivity index (χ2n) is 6.04. The van der Waals surface area contributed by atoms with E-state index in [1.165, 1.54) is 0 Å². The molecule has 0 bridgehead atoms. The van der Waals surface area contributed by atoms with Crippen molar-refractivity contribution in [2.45, 2.75) is 43.7 Å². The SMILES string of the molecule is Cn1nc(C(F)(F)F)c(C(F)(F)S(=O)(=O)C2=NOC(C)(C)C2F)c1OC(F)F. The molecule has 2 heterocycles. The first kappa shape index (κ1) is 22.2. The zero-order valence-corrected chi connectivity index (χ0v) is 14.9. The summed E-state index contributed by atoms with van der Waals surface area (Å²) in [6.07, 6.45) is -8.45. The van der Waals surface area contributed by atoms with E-state index in [1.54, 1.807) is 0 Å². The van der Waals surface area contributed by atoms with Crippen LogP contribution in [0.3, 0.4) is 0 Å². The van der Waals surface area contributed by atoms with E-state index in [4.69, 9.17) is 0 Å². The Hall–Kier alpha value is -2.13. The van der Waals surface area contributed by atoms with Gasteiger partial charge < -0.3 is 9.57 Å². The molecule has 0 N–H and O–H groups in total. The number of oxime groups is 1. The summed E-state index contributed by atoms with van der Waals surface area (Å²) in [7, 11) is -5.76. The highest BCUT2D eigenvalue weighted by molar-refractivity contribution is 8.07. The predicted octanol–water partition coefficient (Wildman–Crippen LogP) is 2.96. The van der Waals surface area contributed by atoms with E-state index in [-0.39, 0.29) is 4.68 Å². The molecule has 0 fully saturated rings. The summed E-state index contributed by atoms with van der Waals surface area (Å²) in [5, 5.41) is -2.18. The fraction of sp³-hybridized carbons (Fsp3) is 0.667. The van der Waals surface area contributed by atoms with E-state index in [1.807, 2.05) is 0 Å². The lowest BCUT2D eigenvalue weighted by atomic mass is 10.1. The molecular formula is C12H11F8N3O4S. The van der Waals surface area contributed by atoms with Crippen molar-refractivity contribution in [3.8, 4) is 5.88 Å². The van der Waals surface area contributed by atoms with Gasteiger partial charge in [0.25, 0.3) is 9.84 Å². The summed E-state index contributed by atoms with van der Waals surface area (Å²) in [5.41, 5.74) is -7.04. The number of aromatic nitrogens is 2. The van der Waals surface area contributed by atoms with Gasteiger partial charge >= 0.3 is 18.0 Å². The third-order valence-electron chi connectivity index (χ3n) is 3.57. The molecule has 1 aromatic rings. The third-order valence-corrected chi connectivity index (χ3v) is 5.28. The van der Waals surface area contributed by atoms with Crippen LogP contribution in [-0.2, 0) is 33.2 Å². The predicted molar refractivity (Wildman–Crippen MR) is 75.2 cm³/mol. The van der Waals surface area contributed by atoms with E-state index in [0.717, 1.165) is 13.8 Å². The molecule has 0 saturated heterocycles. The quantitative estimate of drug-likeness (QED) is 0.666. The monoisotopic (exact) mass is 445 g/mol. The van der Waals surface area contributed by atoms with Gasteiger partial charge in [0, 0.05) is 7.05 Å². The molecule has 1 unspecified atom stereocenters. The maximum absolute atomic E-state index is 14.8. The molecule has 1 atom stereocenters. The first-order valence-corrected chi connectivity index (χ1v) is 8.55. The molecule has 7 nitrogen and oxygen atoms in total. The van der Waals surface area contributed by atoms with Gasteiger partial charge in [0.15, 0.2) is 17.5 Å². The van der Waals surface area contributed by atoms with Crippen LogP contribution in [0.25, 0.3) is 0 Å². The Labute approximate surface area is 151 Å². The number of hydrogen-bond acceptors (Lipinski definition) is 6. The first-order valence-electron chi connectivity index (χ1n) is 7.06. The Morgan fingerprint density at radius 1 is 1.21 bits per heavy atom. The van der Waals surface area contributed by atoms with E-state index in [0.29, 0.717) is 7.05 Å². The maximum Gasteiger partial charge on any atom is 0.435 e. The molecule has 16 heteroatoms. The molecule has 160 valence electrons. The Morgan fingerprint density at radius 2 is 1.75 bits per heavy atom. The van der Waals surface area contributed by atoms with Crippen molar-refractivity contribution in [3.63, 3.8) is 0 Å². The van der Waals surface area contributed by atoms with E-state index in [2.05, 4.69) is 19.8 Å². The van der Waals surface area contributed by atoms with Crippen molar-refractivity contribution in [2.24, 2.45) is 12.2 Å². The first-order chi connectivity index (χ1) is 12.4. The highest BCUT2D eigenvalue weighted by atomic mass is 32.2. The molecule has 1 aliphatic rings. The summed E-state index contributed by atoms with van der Waals surface area (Å²) in [6.45, 7) is -2.01. The minimum absolute atomic E-state index is 0.141. The zero-order valence-electron chi connectivity index (χ0n) is 14.1. The lowest BCUT2D eigenvalue weighted by Crippen LogP contribution is -2.42. The van der Waals surface area contributed by atoms with Gasteiger partial charge in [-0.2, -0.15) is 35.8 Å². The third kappa shape index (κ3) is 3.37. The number of ether oxygens (including phenoxy) is 1. The van der Waals surface area contributed by atoms with E-state index < -0.39 is 61.8 Å². The molecular weight excluding hydrogens is 434 g/mol. The summed E-state index contributed by atoms with van der Waals surface area (Å²) in [6, 6.07) is 0. The molecule has 1 aliphatic heterocycles. The topological polar surface area (TPSA) is 82.8 Å². The van der Waals surface area contributed by atoms with Crippen molar-refractivity contribution < 1.29 is 53.1 Å². The number of halogens is 8. The van der Waals surface area contributed by atoms with Crippen LogP contribution in [0.4, 0.5) is 35.1 Å². The summed E-state index contributed by atoms with van der Waals surface area (Å²) in [5.74, 6) is -1.87. The van der Waals surface area contributed by atoms with Crippen LogP contribution in [0.5, 0.6) is 5.88 Å². The smallest absolute Gasteiger partial charge is 0.417 e. The Bertz CT molecular complexity index is 907. The van der Waals surface area contributed by atoms with Crippen molar-refractivity contribution in [1.29, 1.82) is 0 Å². The van der Waals surface area contributed by atoms with Gasteiger partial charge in [-0.3, -0.25) is 0 Å². The van der Waals surface area contributed by atoms with E-state index >= 15 is 0 Å². The standard InChI is InChI=1S/C12H11F8N3O4S/c1-10(2)5(13)7(22-27-10)28(24,25)12(19,20)4-6(11(16,17)18)21-23(3)8(4)26-9(14)15/h5,9H,1-3H3. The largest absolute Gasteiger partial charge is 0.435 e. The van der Waals surface area contributed by atoms with Gasteiger partial charge in [-0.05, 0) is 13.8 Å². The molecule has 0 radical (unpaired) electrons. The summed E-state index contributed by atoms with van der Waals surface area (Å²) in [4.78, 5) is 4.39. The van der Waals surface area contributed by atoms with Crippen molar-refractivity contribution in [1.82, 2.24) is 9.78 Å². The molecule has 0 saturated carbocycles. The van der Waals surface area contributed by atoms with E-state index in [9.17, 15) is 43.5 Å². The molecule has 0 spiro atoms. The van der Waals surface area contributed by atoms with Gasteiger partial charge in [0.05, 0.1) is 0 Å². The summed E-state index contributed by atoms with van der Waals surface area (Å²) < 4.78 is 136. The number of nitrogens with zero attached hydrogens (tertiary/aromatic N) is 3. The number of sulfone groups is 1. The Kier molecular flexibility index (Phi) is 5.11. The molecule has 2 rings (SSSR count). The van der Waals surface area contributed by atoms with Crippen molar-refractivity contribution >= 4 is 14.9 Å². The van der Waals surface area contributed by atoms with Crippen molar-refractivity contribution in [3.05, 3.63) is 11.3 Å². The number of hydrogen-bond donors (Lipinski definition) is 0.